The first kappa shape index (κ1) is 18.8. The minimum absolute atomic E-state index is 0.207. The van der Waals surface area contributed by atoms with Gasteiger partial charge in [-0.15, -0.1) is 0 Å². The second-order valence-electron chi connectivity index (χ2n) is 6.25. The standard InChI is InChI=1S/C20H18N4O4S/c1-12-17(18(25)21-10-13-7-8-15-16(9-13)28-11-27-15)29-20(22-12)24-19(26)23-14-5-3-2-4-6-14/h2-9H,10-11H2,1H3,(H,21,25)(H2,22,23,24,26). The second-order valence-corrected chi connectivity index (χ2v) is 7.25. The molecule has 9 heteroatoms. The summed E-state index contributed by atoms with van der Waals surface area (Å²) in [6.45, 7) is 2.27. The van der Waals surface area contributed by atoms with Crippen molar-refractivity contribution >= 4 is 34.1 Å². The zero-order valence-electron chi connectivity index (χ0n) is 15.5. The van der Waals surface area contributed by atoms with Gasteiger partial charge in [-0.1, -0.05) is 35.6 Å². The largest absolute Gasteiger partial charge is 0.454 e. The maximum absolute atomic E-state index is 12.5. The van der Waals surface area contributed by atoms with Gasteiger partial charge in [0.05, 0.1) is 5.69 Å². The van der Waals surface area contributed by atoms with Crippen LogP contribution in [0.2, 0.25) is 0 Å². The Kier molecular flexibility index (Phi) is 5.30. The van der Waals surface area contributed by atoms with Crippen LogP contribution in [0.1, 0.15) is 20.9 Å². The first-order chi connectivity index (χ1) is 14.1. The summed E-state index contributed by atoms with van der Waals surface area (Å²) >= 11 is 1.12. The molecule has 3 N–H and O–H groups in total. The molecule has 2 heterocycles. The van der Waals surface area contributed by atoms with Gasteiger partial charge in [-0.2, -0.15) is 0 Å². The summed E-state index contributed by atoms with van der Waals surface area (Å²) in [5.41, 5.74) is 2.11. The van der Waals surface area contributed by atoms with E-state index in [1.165, 1.54) is 0 Å². The van der Waals surface area contributed by atoms with Crippen LogP contribution in [0.3, 0.4) is 0 Å². The highest BCUT2D eigenvalue weighted by atomic mass is 32.1. The van der Waals surface area contributed by atoms with E-state index in [0.717, 1.165) is 16.9 Å². The number of thiazole rings is 1. The minimum atomic E-state index is -0.419. The van der Waals surface area contributed by atoms with Crippen molar-refractivity contribution < 1.29 is 19.1 Å². The topological polar surface area (TPSA) is 102 Å². The number of benzene rings is 2. The maximum Gasteiger partial charge on any atom is 0.325 e. The molecular formula is C20H18N4O4S. The number of urea groups is 1. The number of rotatable bonds is 5. The number of aryl methyl sites for hydroxylation is 1. The molecule has 0 aliphatic carbocycles. The smallest absolute Gasteiger partial charge is 0.325 e. The lowest BCUT2D eigenvalue weighted by Crippen LogP contribution is -2.22. The highest BCUT2D eigenvalue weighted by Crippen LogP contribution is 2.32. The normalized spacial score (nSPS) is 11.8. The third kappa shape index (κ3) is 4.46. The minimum Gasteiger partial charge on any atom is -0.454 e. The molecule has 0 atom stereocenters. The molecule has 1 aliphatic rings. The van der Waals surface area contributed by atoms with E-state index >= 15 is 0 Å². The number of hydrogen-bond donors (Lipinski definition) is 3. The summed E-state index contributed by atoms with van der Waals surface area (Å²) in [5.74, 6) is 1.11. The fourth-order valence-electron chi connectivity index (χ4n) is 2.76. The van der Waals surface area contributed by atoms with E-state index in [9.17, 15) is 9.59 Å². The Labute approximate surface area is 170 Å². The lowest BCUT2D eigenvalue weighted by atomic mass is 10.2. The van der Waals surface area contributed by atoms with Gasteiger partial charge in [0.2, 0.25) is 6.79 Å². The molecule has 3 aromatic rings. The molecule has 4 rings (SSSR count). The Morgan fingerprint density at radius 3 is 2.69 bits per heavy atom. The molecular weight excluding hydrogens is 392 g/mol. The highest BCUT2D eigenvalue weighted by Gasteiger charge is 2.18. The lowest BCUT2D eigenvalue weighted by molar-refractivity contribution is 0.0954. The van der Waals surface area contributed by atoms with E-state index in [-0.39, 0.29) is 12.7 Å². The molecule has 1 aliphatic heterocycles. The van der Waals surface area contributed by atoms with Crippen LogP contribution in [0.4, 0.5) is 15.6 Å². The Morgan fingerprint density at radius 1 is 1.07 bits per heavy atom. The summed E-state index contributed by atoms with van der Waals surface area (Å²) in [6.07, 6.45) is 0. The number of carbonyl (C=O) groups is 2. The van der Waals surface area contributed by atoms with Gasteiger partial charge >= 0.3 is 6.03 Å². The SMILES string of the molecule is Cc1nc(NC(=O)Nc2ccccc2)sc1C(=O)NCc1ccc2c(c1)OCO2. The highest BCUT2D eigenvalue weighted by molar-refractivity contribution is 7.17. The molecule has 0 saturated heterocycles. The van der Waals surface area contributed by atoms with Crippen LogP contribution in [0.5, 0.6) is 11.5 Å². The first-order valence-electron chi connectivity index (χ1n) is 8.86. The van der Waals surface area contributed by atoms with E-state index in [4.69, 9.17) is 9.47 Å². The molecule has 2 aromatic carbocycles. The van der Waals surface area contributed by atoms with E-state index in [1.807, 2.05) is 36.4 Å². The van der Waals surface area contributed by atoms with Crippen molar-refractivity contribution in [2.45, 2.75) is 13.5 Å². The summed E-state index contributed by atoms with van der Waals surface area (Å²) in [5, 5.41) is 8.58. The fraction of sp³-hybridized carbons (Fsp3) is 0.150. The van der Waals surface area contributed by atoms with Crippen molar-refractivity contribution in [1.82, 2.24) is 10.3 Å². The Balaban J connectivity index is 1.35. The van der Waals surface area contributed by atoms with E-state index < -0.39 is 6.03 Å². The predicted octanol–water partition coefficient (Wildman–Crippen LogP) is 3.75. The van der Waals surface area contributed by atoms with Crippen LogP contribution in [0, 0.1) is 6.92 Å². The number of ether oxygens (including phenoxy) is 2. The van der Waals surface area contributed by atoms with Gasteiger partial charge < -0.3 is 20.1 Å². The number of nitrogens with one attached hydrogen (secondary N) is 3. The molecule has 8 nitrogen and oxygen atoms in total. The number of fused-ring (bicyclic) bond motifs is 1. The van der Waals surface area contributed by atoms with Gasteiger partial charge in [0, 0.05) is 12.2 Å². The summed E-state index contributed by atoms with van der Waals surface area (Å²) < 4.78 is 10.6. The summed E-state index contributed by atoms with van der Waals surface area (Å²) in [6, 6.07) is 14.2. The monoisotopic (exact) mass is 410 g/mol. The number of aromatic nitrogens is 1. The van der Waals surface area contributed by atoms with Crippen LogP contribution >= 0.6 is 11.3 Å². The number of para-hydroxylation sites is 1. The van der Waals surface area contributed by atoms with Crippen LogP contribution in [0.25, 0.3) is 0 Å². The van der Waals surface area contributed by atoms with E-state index in [1.54, 1.807) is 19.1 Å². The number of nitrogens with zero attached hydrogens (tertiary/aromatic N) is 1. The van der Waals surface area contributed by atoms with Gasteiger partial charge in [0.15, 0.2) is 16.6 Å². The van der Waals surface area contributed by atoms with Crippen LogP contribution in [0.15, 0.2) is 48.5 Å². The van der Waals surface area contributed by atoms with Crippen LogP contribution in [-0.2, 0) is 6.54 Å². The van der Waals surface area contributed by atoms with Gasteiger partial charge in [0.1, 0.15) is 4.88 Å². The molecule has 0 unspecified atom stereocenters. The van der Waals surface area contributed by atoms with Gasteiger partial charge in [0.25, 0.3) is 5.91 Å². The summed E-state index contributed by atoms with van der Waals surface area (Å²) in [4.78, 5) is 29.3. The van der Waals surface area contributed by atoms with Crippen molar-refractivity contribution in [3.63, 3.8) is 0 Å². The number of amides is 3. The number of anilines is 2. The number of hydrogen-bond acceptors (Lipinski definition) is 6. The third-order valence-electron chi connectivity index (χ3n) is 4.14. The second kappa shape index (κ2) is 8.19. The average Bonchev–Trinajstić information content (AvgIpc) is 3.32. The van der Waals surface area contributed by atoms with Gasteiger partial charge in [-0.3, -0.25) is 10.1 Å². The van der Waals surface area contributed by atoms with Crippen LogP contribution < -0.4 is 25.4 Å². The van der Waals surface area contributed by atoms with Crippen LogP contribution in [-0.4, -0.2) is 23.7 Å². The van der Waals surface area contributed by atoms with Crippen molar-refractivity contribution in [2.75, 3.05) is 17.4 Å². The molecule has 0 radical (unpaired) electrons. The zero-order chi connectivity index (χ0) is 20.2. The molecule has 29 heavy (non-hydrogen) atoms. The fourth-order valence-corrected chi connectivity index (χ4v) is 3.63. The summed E-state index contributed by atoms with van der Waals surface area (Å²) in [7, 11) is 0. The molecule has 0 bridgehead atoms. The van der Waals surface area contributed by atoms with Crippen molar-refractivity contribution in [1.29, 1.82) is 0 Å². The molecule has 3 amide bonds. The van der Waals surface area contributed by atoms with Crippen molar-refractivity contribution in [3.05, 3.63) is 64.7 Å². The lowest BCUT2D eigenvalue weighted by Gasteiger charge is -2.05. The zero-order valence-corrected chi connectivity index (χ0v) is 16.3. The molecule has 0 spiro atoms. The number of carbonyl (C=O) groups excluding carboxylic acids is 2. The van der Waals surface area contributed by atoms with Crippen molar-refractivity contribution in [2.24, 2.45) is 0 Å². The molecule has 0 saturated carbocycles. The van der Waals surface area contributed by atoms with Gasteiger partial charge in [-0.25, -0.2) is 9.78 Å². The van der Waals surface area contributed by atoms with Crippen molar-refractivity contribution in [3.8, 4) is 11.5 Å². The first-order valence-corrected chi connectivity index (χ1v) is 9.67. The third-order valence-corrected chi connectivity index (χ3v) is 5.22. The molecule has 1 aromatic heterocycles. The Bertz CT molecular complexity index is 1050. The quantitative estimate of drug-likeness (QED) is 0.595. The molecule has 0 fully saturated rings. The Morgan fingerprint density at radius 2 is 1.86 bits per heavy atom. The van der Waals surface area contributed by atoms with E-state index in [0.29, 0.717) is 39.4 Å². The van der Waals surface area contributed by atoms with E-state index in [2.05, 4.69) is 20.9 Å². The predicted molar refractivity (Wildman–Crippen MR) is 110 cm³/mol. The Hall–Kier alpha value is -3.59. The molecule has 148 valence electrons. The maximum atomic E-state index is 12.5. The van der Waals surface area contributed by atoms with Gasteiger partial charge in [-0.05, 0) is 36.8 Å². The average molecular weight is 410 g/mol.